The molecule has 0 bridgehead atoms. The molecule has 2 aromatic rings. The summed E-state index contributed by atoms with van der Waals surface area (Å²) in [4.78, 5) is 2.13. The minimum atomic E-state index is -1.82. The molecule has 0 aliphatic carbocycles. The van der Waals surface area contributed by atoms with Gasteiger partial charge in [-0.1, -0.05) is 36.4 Å². The maximum Gasteiger partial charge on any atom is 0.0291 e. The lowest BCUT2D eigenvalue weighted by molar-refractivity contribution is 1.45. The van der Waals surface area contributed by atoms with Crippen LogP contribution in [0.2, 0.25) is 0 Å². The van der Waals surface area contributed by atoms with Crippen LogP contribution in [0, 0.1) is 0 Å². The van der Waals surface area contributed by atoms with Crippen molar-refractivity contribution < 1.29 is 0 Å². The van der Waals surface area contributed by atoms with Crippen molar-refractivity contribution in [1.29, 1.82) is 0 Å². The summed E-state index contributed by atoms with van der Waals surface area (Å²) in [6, 6.07) is 16.2. The van der Waals surface area contributed by atoms with Crippen LogP contribution in [-0.4, -0.2) is 0 Å². The monoisotopic (exact) mass is 254 g/mol. The average molecular weight is 255 g/mol. The van der Waals surface area contributed by atoms with Gasteiger partial charge in [0, 0.05) is 9.79 Å². The molecule has 0 atom stereocenters. The summed E-state index contributed by atoms with van der Waals surface area (Å²) in [5.41, 5.74) is 2.35. The van der Waals surface area contributed by atoms with Crippen molar-refractivity contribution in [2.75, 3.05) is 0 Å². The second kappa shape index (κ2) is 3.18. The highest BCUT2D eigenvalue weighted by Gasteiger charge is 2.35. The Morgan fingerprint density at radius 2 is 1.07 bits per heavy atom. The maximum atomic E-state index is 6.48. The lowest BCUT2D eigenvalue weighted by Crippen LogP contribution is -1.78. The molecule has 0 spiro atoms. The normalized spacial score (nSPS) is 18.0. The summed E-state index contributed by atoms with van der Waals surface area (Å²) in [6.07, 6.45) is 0. The van der Waals surface area contributed by atoms with E-state index in [1.165, 1.54) is 11.1 Å². The minimum Gasteiger partial charge on any atom is -0.0616 e. The number of halogens is 2. The van der Waals surface area contributed by atoms with Gasteiger partial charge in [0.2, 0.25) is 0 Å². The first-order chi connectivity index (χ1) is 7.21. The van der Waals surface area contributed by atoms with E-state index >= 15 is 0 Å². The van der Waals surface area contributed by atoms with E-state index in [1.807, 2.05) is 36.4 Å². The third-order valence-electron chi connectivity index (χ3n) is 2.62. The number of rotatable bonds is 0. The Morgan fingerprint density at radius 1 is 0.667 bits per heavy atom. The zero-order chi connectivity index (χ0) is 10.5. The van der Waals surface area contributed by atoms with Crippen molar-refractivity contribution >= 4 is 29.8 Å². The summed E-state index contributed by atoms with van der Waals surface area (Å²) in [7, 11) is 11.1. The van der Waals surface area contributed by atoms with E-state index in [9.17, 15) is 0 Å². The van der Waals surface area contributed by atoms with Crippen molar-refractivity contribution in [2.45, 2.75) is 9.79 Å². The number of hydrogen-bond acceptors (Lipinski definition) is 0. The van der Waals surface area contributed by atoms with Crippen molar-refractivity contribution in [3.63, 3.8) is 0 Å². The Morgan fingerprint density at radius 3 is 1.53 bits per heavy atom. The van der Waals surface area contributed by atoms with Gasteiger partial charge in [0.15, 0.2) is 0 Å². The molecule has 0 amide bonds. The molecular weight excluding hydrogens is 247 g/mol. The van der Waals surface area contributed by atoms with Gasteiger partial charge in [-0.2, -0.15) is 0 Å². The zero-order valence-electron chi connectivity index (χ0n) is 7.78. The molecule has 15 heavy (non-hydrogen) atoms. The van der Waals surface area contributed by atoms with Gasteiger partial charge in [0.25, 0.3) is 0 Å². The quantitative estimate of drug-likeness (QED) is 0.607. The highest BCUT2D eigenvalue weighted by atomic mass is 36.0. The summed E-state index contributed by atoms with van der Waals surface area (Å²) >= 11 is 0. The van der Waals surface area contributed by atoms with Crippen LogP contribution < -0.4 is 0 Å². The fraction of sp³-hybridized carbons (Fsp3) is 0. The Bertz CT molecular complexity index is 487. The summed E-state index contributed by atoms with van der Waals surface area (Å²) in [5.74, 6) is 0. The molecule has 0 saturated carbocycles. The van der Waals surface area contributed by atoms with E-state index < -0.39 is 8.46 Å². The van der Waals surface area contributed by atoms with Gasteiger partial charge in [-0.25, -0.2) is 0 Å². The van der Waals surface area contributed by atoms with E-state index in [-0.39, 0.29) is 0 Å². The molecule has 0 fully saturated rings. The number of hydrogen-bond donors (Lipinski definition) is 0. The van der Waals surface area contributed by atoms with Crippen LogP contribution in [0.5, 0.6) is 0 Å². The molecular formula is C12H8Cl2S. The van der Waals surface area contributed by atoms with Gasteiger partial charge in [-0.05, 0) is 53.1 Å². The Balaban J connectivity index is 2.42. The van der Waals surface area contributed by atoms with Gasteiger partial charge >= 0.3 is 0 Å². The topological polar surface area (TPSA) is 0 Å². The van der Waals surface area contributed by atoms with Gasteiger partial charge in [0.1, 0.15) is 0 Å². The Hall–Kier alpha value is -0.630. The highest BCUT2D eigenvalue weighted by Crippen LogP contribution is 2.77. The predicted molar refractivity (Wildman–Crippen MR) is 67.7 cm³/mol. The molecule has 0 nitrogen and oxygen atoms in total. The van der Waals surface area contributed by atoms with Crippen molar-refractivity contribution in [3.05, 3.63) is 48.5 Å². The van der Waals surface area contributed by atoms with Crippen LogP contribution in [-0.2, 0) is 0 Å². The maximum absolute atomic E-state index is 6.48. The fourth-order valence-corrected chi connectivity index (χ4v) is 5.20. The Kier molecular flexibility index (Phi) is 2.03. The van der Waals surface area contributed by atoms with Gasteiger partial charge in [-0.15, -0.1) is 0 Å². The first kappa shape index (κ1) is 9.59. The van der Waals surface area contributed by atoms with E-state index in [0.29, 0.717) is 0 Å². The standard InChI is InChI=1S/C12H8Cl2S/c13-15(14)11-7-3-1-5-9(11)10-6-2-4-8-12(10)15/h1-8H. The smallest absolute Gasteiger partial charge is 0.0291 e. The Labute approximate surface area is 99.2 Å². The third-order valence-corrected chi connectivity index (χ3v) is 6.43. The molecule has 3 rings (SSSR count). The molecule has 2 aromatic carbocycles. The molecule has 0 saturated heterocycles. The number of fused-ring (bicyclic) bond motifs is 3. The highest BCUT2D eigenvalue weighted by molar-refractivity contribution is 8.66. The van der Waals surface area contributed by atoms with E-state index in [0.717, 1.165) is 9.79 Å². The largest absolute Gasteiger partial charge is 0.0616 e. The molecule has 0 radical (unpaired) electrons. The lowest BCUT2D eigenvalue weighted by Gasteiger charge is -2.20. The minimum absolute atomic E-state index is 1.06. The first-order valence-electron chi connectivity index (χ1n) is 4.62. The molecule has 0 unspecified atom stereocenters. The van der Waals surface area contributed by atoms with Crippen LogP contribution in [0.4, 0.5) is 0 Å². The van der Waals surface area contributed by atoms with Crippen molar-refractivity contribution in [3.8, 4) is 11.1 Å². The van der Waals surface area contributed by atoms with E-state index in [1.54, 1.807) is 0 Å². The summed E-state index contributed by atoms with van der Waals surface area (Å²) in [5, 5.41) is 0. The van der Waals surface area contributed by atoms with E-state index in [4.69, 9.17) is 21.4 Å². The molecule has 1 aliphatic rings. The van der Waals surface area contributed by atoms with Crippen molar-refractivity contribution in [1.82, 2.24) is 0 Å². The van der Waals surface area contributed by atoms with Gasteiger partial charge in [-0.3, -0.25) is 0 Å². The molecule has 3 heteroatoms. The second-order valence-corrected chi connectivity index (χ2v) is 8.53. The third kappa shape index (κ3) is 1.24. The fourth-order valence-electron chi connectivity index (χ4n) is 1.94. The summed E-state index contributed by atoms with van der Waals surface area (Å²) < 4.78 is 0. The second-order valence-electron chi connectivity index (χ2n) is 3.46. The summed E-state index contributed by atoms with van der Waals surface area (Å²) in [6.45, 7) is 0. The van der Waals surface area contributed by atoms with Crippen LogP contribution in [0.3, 0.4) is 0 Å². The first-order valence-corrected chi connectivity index (χ1v) is 7.91. The van der Waals surface area contributed by atoms with Gasteiger partial charge < -0.3 is 0 Å². The van der Waals surface area contributed by atoms with Gasteiger partial charge in [0.05, 0.1) is 0 Å². The molecule has 0 N–H and O–H groups in total. The predicted octanol–water partition coefficient (Wildman–Crippen LogP) is 5.20. The van der Waals surface area contributed by atoms with Crippen LogP contribution in [0.15, 0.2) is 58.3 Å². The van der Waals surface area contributed by atoms with Crippen LogP contribution in [0.1, 0.15) is 0 Å². The molecule has 0 aromatic heterocycles. The lowest BCUT2D eigenvalue weighted by atomic mass is 10.1. The van der Waals surface area contributed by atoms with Crippen LogP contribution >= 0.6 is 29.8 Å². The van der Waals surface area contributed by atoms with Crippen LogP contribution in [0.25, 0.3) is 11.1 Å². The SMILES string of the molecule is ClS1(Cl)c2ccccc2-c2ccccc21. The molecule has 76 valence electrons. The molecule has 1 heterocycles. The molecule has 1 aliphatic heterocycles. The van der Waals surface area contributed by atoms with E-state index in [2.05, 4.69) is 12.1 Å². The van der Waals surface area contributed by atoms with Crippen molar-refractivity contribution in [2.24, 2.45) is 0 Å². The average Bonchev–Trinajstić information content (AvgIpc) is 2.51. The number of benzene rings is 2. The zero-order valence-corrected chi connectivity index (χ0v) is 10.1.